The van der Waals surface area contributed by atoms with Gasteiger partial charge in [-0.2, -0.15) is 5.10 Å². The topological polar surface area (TPSA) is 71.6 Å². The maximum Gasteiger partial charge on any atom is 0.274 e. The van der Waals surface area contributed by atoms with Crippen LogP contribution in [0.5, 0.6) is 0 Å². The smallest absolute Gasteiger partial charge is 0.274 e. The SMILES string of the molecule is Cc1ccc(C(=O)N2CCN(C(=O)c3cc(-c4ccco4)n(-c4cccc(Cl)c4)n3)CC2)cc1. The molecule has 1 fully saturated rings. The summed E-state index contributed by atoms with van der Waals surface area (Å²) in [4.78, 5) is 29.6. The first-order chi connectivity index (χ1) is 16.5. The standard InChI is InChI=1S/C26H23ClN4O3/c1-18-7-9-19(10-8-18)25(32)29-11-13-30(14-12-29)26(33)22-17-23(24-6-3-15-34-24)31(28-22)21-5-2-4-20(27)16-21/h2-10,15-17H,11-14H2,1H3. The van der Waals surface area contributed by atoms with Crippen molar-refractivity contribution in [2.45, 2.75) is 6.92 Å². The van der Waals surface area contributed by atoms with Gasteiger partial charge in [0, 0.05) is 42.8 Å². The minimum Gasteiger partial charge on any atom is -0.463 e. The van der Waals surface area contributed by atoms with Gasteiger partial charge in [-0.3, -0.25) is 9.59 Å². The van der Waals surface area contributed by atoms with Gasteiger partial charge in [0.05, 0.1) is 12.0 Å². The zero-order chi connectivity index (χ0) is 23.7. The van der Waals surface area contributed by atoms with Crippen molar-refractivity contribution in [2.24, 2.45) is 0 Å². The lowest BCUT2D eigenvalue weighted by atomic mass is 10.1. The van der Waals surface area contributed by atoms with Crippen molar-refractivity contribution in [3.8, 4) is 17.1 Å². The second-order valence-electron chi connectivity index (χ2n) is 8.23. The molecule has 1 aliphatic rings. The van der Waals surface area contributed by atoms with Crippen LogP contribution in [0.3, 0.4) is 0 Å². The molecule has 1 saturated heterocycles. The number of rotatable bonds is 4. The summed E-state index contributed by atoms with van der Waals surface area (Å²) in [6.45, 7) is 3.81. The molecule has 0 radical (unpaired) electrons. The van der Waals surface area contributed by atoms with Gasteiger partial charge < -0.3 is 14.2 Å². The van der Waals surface area contributed by atoms with Crippen molar-refractivity contribution in [3.63, 3.8) is 0 Å². The molecule has 172 valence electrons. The lowest BCUT2D eigenvalue weighted by Crippen LogP contribution is -2.50. The zero-order valence-electron chi connectivity index (χ0n) is 18.6. The normalized spacial score (nSPS) is 13.8. The van der Waals surface area contributed by atoms with Crippen LogP contribution in [-0.2, 0) is 0 Å². The summed E-state index contributed by atoms with van der Waals surface area (Å²) >= 11 is 6.18. The molecule has 0 saturated carbocycles. The van der Waals surface area contributed by atoms with Crippen LogP contribution in [0.4, 0.5) is 0 Å². The third-order valence-corrected chi connectivity index (χ3v) is 6.14. The van der Waals surface area contributed by atoms with Gasteiger partial charge in [0.15, 0.2) is 11.5 Å². The van der Waals surface area contributed by atoms with Crippen molar-refractivity contribution in [3.05, 3.63) is 94.8 Å². The lowest BCUT2D eigenvalue weighted by molar-refractivity contribution is 0.0532. The second kappa shape index (κ2) is 9.19. The number of piperazine rings is 1. The number of carbonyl (C=O) groups excluding carboxylic acids is 2. The fourth-order valence-corrected chi connectivity index (χ4v) is 4.23. The number of benzene rings is 2. The van der Waals surface area contributed by atoms with E-state index in [1.165, 1.54) is 0 Å². The summed E-state index contributed by atoms with van der Waals surface area (Å²) in [5.74, 6) is 0.397. The number of hydrogen-bond donors (Lipinski definition) is 0. The van der Waals surface area contributed by atoms with E-state index >= 15 is 0 Å². The molecule has 7 nitrogen and oxygen atoms in total. The Hall–Kier alpha value is -3.84. The van der Waals surface area contributed by atoms with E-state index in [1.807, 2.05) is 49.4 Å². The molecular weight excluding hydrogens is 452 g/mol. The fraction of sp³-hybridized carbons (Fsp3) is 0.192. The number of nitrogens with zero attached hydrogens (tertiary/aromatic N) is 4. The molecule has 2 aromatic carbocycles. The molecule has 0 N–H and O–H groups in total. The van der Waals surface area contributed by atoms with Crippen LogP contribution in [-0.4, -0.2) is 57.6 Å². The molecule has 2 amide bonds. The van der Waals surface area contributed by atoms with E-state index in [2.05, 4.69) is 5.10 Å². The Morgan fingerprint density at radius 3 is 2.24 bits per heavy atom. The molecule has 0 spiro atoms. The number of halogens is 1. The highest BCUT2D eigenvalue weighted by Crippen LogP contribution is 2.26. The zero-order valence-corrected chi connectivity index (χ0v) is 19.4. The maximum absolute atomic E-state index is 13.3. The Morgan fingerprint density at radius 1 is 0.882 bits per heavy atom. The van der Waals surface area contributed by atoms with Crippen LogP contribution >= 0.6 is 11.6 Å². The summed E-state index contributed by atoms with van der Waals surface area (Å²) in [7, 11) is 0. The van der Waals surface area contributed by atoms with Gasteiger partial charge in [-0.25, -0.2) is 4.68 Å². The third-order valence-electron chi connectivity index (χ3n) is 5.91. The van der Waals surface area contributed by atoms with Gasteiger partial charge in [-0.05, 0) is 49.4 Å². The average Bonchev–Trinajstić information content (AvgIpc) is 3.54. The van der Waals surface area contributed by atoms with Gasteiger partial charge in [-0.15, -0.1) is 0 Å². The van der Waals surface area contributed by atoms with E-state index < -0.39 is 0 Å². The van der Waals surface area contributed by atoms with Crippen LogP contribution in [0.1, 0.15) is 26.4 Å². The summed E-state index contributed by atoms with van der Waals surface area (Å²) in [6.07, 6.45) is 1.58. The average molecular weight is 475 g/mol. The Kier molecular flexibility index (Phi) is 5.94. The van der Waals surface area contributed by atoms with Crippen molar-refractivity contribution < 1.29 is 14.0 Å². The molecule has 0 aliphatic carbocycles. The van der Waals surface area contributed by atoms with E-state index in [1.54, 1.807) is 45.0 Å². The highest BCUT2D eigenvalue weighted by Gasteiger charge is 2.28. The summed E-state index contributed by atoms with van der Waals surface area (Å²) in [6, 6.07) is 20.1. The molecule has 4 aromatic rings. The summed E-state index contributed by atoms with van der Waals surface area (Å²) in [5.41, 5.74) is 3.46. The molecule has 0 atom stereocenters. The first-order valence-electron chi connectivity index (χ1n) is 11.0. The maximum atomic E-state index is 13.3. The van der Waals surface area contributed by atoms with Crippen molar-refractivity contribution in [1.29, 1.82) is 0 Å². The number of aryl methyl sites for hydroxylation is 1. The highest BCUT2D eigenvalue weighted by molar-refractivity contribution is 6.30. The van der Waals surface area contributed by atoms with Crippen LogP contribution in [0.25, 0.3) is 17.1 Å². The predicted octanol–water partition coefficient (Wildman–Crippen LogP) is 4.69. The van der Waals surface area contributed by atoms with Gasteiger partial charge in [0.1, 0.15) is 5.69 Å². The Bertz CT molecular complexity index is 1320. The first kappa shape index (κ1) is 22.0. The molecule has 2 aromatic heterocycles. The van der Waals surface area contributed by atoms with Crippen molar-refractivity contribution in [2.75, 3.05) is 26.2 Å². The molecule has 0 unspecified atom stereocenters. The van der Waals surface area contributed by atoms with Crippen LogP contribution in [0.15, 0.2) is 77.4 Å². The molecule has 3 heterocycles. The predicted molar refractivity (Wildman–Crippen MR) is 129 cm³/mol. The largest absolute Gasteiger partial charge is 0.463 e. The molecule has 5 rings (SSSR count). The van der Waals surface area contributed by atoms with E-state index in [4.69, 9.17) is 16.0 Å². The molecule has 34 heavy (non-hydrogen) atoms. The van der Waals surface area contributed by atoms with Crippen LogP contribution < -0.4 is 0 Å². The van der Waals surface area contributed by atoms with Gasteiger partial charge in [0.25, 0.3) is 11.8 Å². The monoisotopic (exact) mass is 474 g/mol. The number of furan rings is 1. The number of carbonyl (C=O) groups is 2. The quantitative estimate of drug-likeness (QED) is 0.430. The molecule has 1 aliphatic heterocycles. The van der Waals surface area contributed by atoms with E-state index in [0.717, 1.165) is 11.3 Å². The minimum atomic E-state index is -0.184. The summed E-state index contributed by atoms with van der Waals surface area (Å²) < 4.78 is 7.24. The Labute approximate surface area is 202 Å². The van der Waals surface area contributed by atoms with Crippen molar-refractivity contribution >= 4 is 23.4 Å². The first-order valence-corrected chi connectivity index (χ1v) is 11.4. The molecule has 0 bridgehead atoms. The van der Waals surface area contributed by atoms with Crippen molar-refractivity contribution in [1.82, 2.24) is 19.6 Å². The van der Waals surface area contributed by atoms with Gasteiger partial charge in [-0.1, -0.05) is 35.4 Å². The summed E-state index contributed by atoms with van der Waals surface area (Å²) in [5, 5.41) is 5.16. The minimum absolute atomic E-state index is 0.0163. The van der Waals surface area contributed by atoms with Crippen LogP contribution in [0, 0.1) is 6.92 Å². The molecule has 8 heteroatoms. The van der Waals surface area contributed by atoms with E-state index in [0.29, 0.717) is 53.9 Å². The fourth-order valence-electron chi connectivity index (χ4n) is 4.04. The number of amides is 2. The van der Waals surface area contributed by atoms with Gasteiger partial charge in [0.2, 0.25) is 0 Å². The Balaban J connectivity index is 1.35. The number of aromatic nitrogens is 2. The lowest BCUT2D eigenvalue weighted by Gasteiger charge is -2.34. The highest BCUT2D eigenvalue weighted by atomic mass is 35.5. The van der Waals surface area contributed by atoms with Crippen LogP contribution in [0.2, 0.25) is 5.02 Å². The second-order valence-corrected chi connectivity index (χ2v) is 8.67. The Morgan fingerprint density at radius 2 is 1.59 bits per heavy atom. The number of hydrogen-bond acceptors (Lipinski definition) is 4. The molecular formula is C26H23ClN4O3. The van der Waals surface area contributed by atoms with E-state index in [9.17, 15) is 9.59 Å². The third kappa shape index (κ3) is 4.34. The van der Waals surface area contributed by atoms with E-state index in [-0.39, 0.29) is 11.8 Å². The van der Waals surface area contributed by atoms with Gasteiger partial charge >= 0.3 is 0 Å².